The fourth-order valence-corrected chi connectivity index (χ4v) is 3.15. The van der Waals surface area contributed by atoms with Gasteiger partial charge in [-0.25, -0.2) is 0 Å². The predicted octanol–water partition coefficient (Wildman–Crippen LogP) is 5.34. The molecule has 2 aromatic rings. The molecule has 3 heteroatoms. The van der Waals surface area contributed by atoms with E-state index in [4.69, 9.17) is 16.3 Å². The van der Waals surface area contributed by atoms with Gasteiger partial charge in [0.2, 0.25) is 0 Å². The third-order valence-corrected chi connectivity index (χ3v) is 4.69. The van der Waals surface area contributed by atoms with Crippen LogP contribution in [-0.4, -0.2) is 6.04 Å². The summed E-state index contributed by atoms with van der Waals surface area (Å²) in [5, 5.41) is 4.42. The van der Waals surface area contributed by atoms with Gasteiger partial charge in [0.15, 0.2) is 0 Å². The maximum atomic E-state index is 5.89. The van der Waals surface area contributed by atoms with Crippen LogP contribution in [0.1, 0.15) is 43.2 Å². The van der Waals surface area contributed by atoms with Crippen molar-refractivity contribution in [1.82, 2.24) is 5.32 Å². The van der Waals surface area contributed by atoms with E-state index in [0.29, 0.717) is 12.6 Å². The third-order valence-electron chi connectivity index (χ3n) is 4.44. The number of rotatable bonds is 6. The number of benzene rings is 2. The zero-order valence-corrected chi connectivity index (χ0v) is 14.2. The predicted molar refractivity (Wildman–Crippen MR) is 95.9 cm³/mol. The van der Waals surface area contributed by atoms with Crippen molar-refractivity contribution in [1.29, 1.82) is 0 Å². The van der Waals surface area contributed by atoms with Crippen LogP contribution in [0.15, 0.2) is 48.5 Å². The van der Waals surface area contributed by atoms with Crippen molar-refractivity contribution in [3.63, 3.8) is 0 Å². The molecule has 1 saturated carbocycles. The van der Waals surface area contributed by atoms with E-state index in [1.165, 1.54) is 37.7 Å². The second-order valence-corrected chi connectivity index (χ2v) is 6.71. The lowest BCUT2D eigenvalue weighted by Crippen LogP contribution is -2.30. The minimum atomic E-state index is 0.566. The fourth-order valence-electron chi connectivity index (χ4n) is 3.02. The lowest BCUT2D eigenvalue weighted by molar-refractivity contribution is 0.306. The quantitative estimate of drug-likeness (QED) is 0.772. The van der Waals surface area contributed by atoms with Gasteiger partial charge in [0.05, 0.1) is 0 Å². The molecule has 0 atom stereocenters. The summed E-state index contributed by atoms with van der Waals surface area (Å²) in [5.41, 5.74) is 2.44. The number of ether oxygens (including phenoxy) is 1. The molecule has 1 aliphatic rings. The van der Waals surface area contributed by atoms with Crippen molar-refractivity contribution in [2.45, 2.75) is 51.3 Å². The van der Waals surface area contributed by atoms with Crippen molar-refractivity contribution in [2.24, 2.45) is 0 Å². The molecule has 0 saturated heterocycles. The number of hydrogen-bond donors (Lipinski definition) is 1. The average Bonchev–Trinajstić information content (AvgIpc) is 2.61. The minimum absolute atomic E-state index is 0.566. The van der Waals surface area contributed by atoms with Crippen molar-refractivity contribution in [2.75, 3.05) is 0 Å². The molecular formula is C20H24ClNO. The molecule has 1 fully saturated rings. The van der Waals surface area contributed by atoms with E-state index in [0.717, 1.165) is 22.9 Å². The van der Waals surface area contributed by atoms with E-state index in [1.807, 2.05) is 36.4 Å². The van der Waals surface area contributed by atoms with Gasteiger partial charge in [0.25, 0.3) is 0 Å². The highest BCUT2D eigenvalue weighted by Gasteiger charge is 2.12. The Morgan fingerprint density at radius 2 is 1.52 bits per heavy atom. The SMILES string of the molecule is Clc1ccc(COc2ccc(CNC3CCCCC3)cc2)cc1. The first-order valence-electron chi connectivity index (χ1n) is 8.49. The van der Waals surface area contributed by atoms with Crippen LogP contribution in [0, 0.1) is 0 Å². The standard InChI is InChI=1S/C20H24ClNO/c21-18-10-6-17(7-11-18)15-23-20-12-8-16(9-13-20)14-22-19-4-2-1-3-5-19/h6-13,19,22H,1-5,14-15H2. The van der Waals surface area contributed by atoms with Crippen molar-refractivity contribution >= 4 is 11.6 Å². The van der Waals surface area contributed by atoms with Crippen LogP contribution in [0.4, 0.5) is 0 Å². The van der Waals surface area contributed by atoms with Gasteiger partial charge in [0.1, 0.15) is 12.4 Å². The second kappa shape index (κ2) is 8.37. The smallest absolute Gasteiger partial charge is 0.119 e. The lowest BCUT2D eigenvalue weighted by Gasteiger charge is -2.22. The van der Waals surface area contributed by atoms with Gasteiger partial charge >= 0.3 is 0 Å². The van der Waals surface area contributed by atoms with Gasteiger partial charge in [-0.15, -0.1) is 0 Å². The van der Waals surface area contributed by atoms with E-state index >= 15 is 0 Å². The molecule has 2 nitrogen and oxygen atoms in total. The Balaban J connectivity index is 1.45. The zero-order valence-electron chi connectivity index (χ0n) is 13.4. The Hall–Kier alpha value is -1.51. The van der Waals surface area contributed by atoms with Crippen LogP contribution in [0.5, 0.6) is 5.75 Å². The van der Waals surface area contributed by atoms with Gasteiger partial charge in [-0.05, 0) is 48.2 Å². The van der Waals surface area contributed by atoms with Gasteiger partial charge in [-0.1, -0.05) is 55.1 Å². The van der Waals surface area contributed by atoms with Crippen molar-refractivity contribution in [3.05, 3.63) is 64.7 Å². The summed E-state index contributed by atoms with van der Waals surface area (Å²) in [5.74, 6) is 0.904. The maximum absolute atomic E-state index is 5.89. The molecule has 122 valence electrons. The number of halogens is 1. The van der Waals surface area contributed by atoms with E-state index in [9.17, 15) is 0 Å². The van der Waals surface area contributed by atoms with Gasteiger partial charge in [0, 0.05) is 17.6 Å². The summed E-state index contributed by atoms with van der Waals surface area (Å²) < 4.78 is 5.82. The highest BCUT2D eigenvalue weighted by Crippen LogP contribution is 2.19. The van der Waals surface area contributed by atoms with Crippen molar-refractivity contribution < 1.29 is 4.74 Å². The summed E-state index contributed by atoms with van der Waals surface area (Å²) in [7, 11) is 0. The summed E-state index contributed by atoms with van der Waals surface area (Å²) in [6.45, 7) is 1.51. The highest BCUT2D eigenvalue weighted by atomic mass is 35.5. The molecule has 3 rings (SSSR count). The Morgan fingerprint density at radius 3 is 2.22 bits per heavy atom. The first-order valence-corrected chi connectivity index (χ1v) is 8.87. The molecule has 0 amide bonds. The van der Waals surface area contributed by atoms with Gasteiger partial charge in [-0.2, -0.15) is 0 Å². The van der Waals surface area contributed by atoms with Crippen LogP contribution >= 0.6 is 11.6 Å². The molecule has 2 aromatic carbocycles. The molecule has 0 aliphatic heterocycles. The maximum Gasteiger partial charge on any atom is 0.119 e. The molecule has 0 aromatic heterocycles. The molecular weight excluding hydrogens is 306 g/mol. The third kappa shape index (κ3) is 5.26. The molecule has 23 heavy (non-hydrogen) atoms. The molecule has 0 heterocycles. The highest BCUT2D eigenvalue weighted by molar-refractivity contribution is 6.30. The van der Waals surface area contributed by atoms with Crippen molar-refractivity contribution in [3.8, 4) is 5.75 Å². The largest absolute Gasteiger partial charge is 0.489 e. The Labute approximate surface area is 143 Å². The number of nitrogens with one attached hydrogen (secondary N) is 1. The van der Waals surface area contributed by atoms with Crippen LogP contribution in [-0.2, 0) is 13.2 Å². The normalized spacial score (nSPS) is 15.5. The Kier molecular flexibility index (Phi) is 5.95. The topological polar surface area (TPSA) is 21.3 Å². The van der Waals surface area contributed by atoms with E-state index in [-0.39, 0.29) is 0 Å². The molecule has 0 radical (unpaired) electrons. The average molecular weight is 330 g/mol. The molecule has 0 unspecified atom stereocenters. The second-order valence-electron chi connectivity index (χ2n) is 6.27. The summed E-state index contributed by atoms with van der Waals surface area (Å²) >= 11 is 5.89. The van der Waals surface area contributed by atoms with E-state index in [2.05, 4.69) is 17.4 Å². The Morgan fingerprint density at radius 1 is 0.870 bits per heavy atom. The zero-order chi connectivity index (χ0) is 15.9. The summed E-state index contributed by atoms with van der Waals surface area (Å²) in [6.07, 6.45) is 6.78. The first-order chi connectivity index (χ1) is 11.3. The van der Waals surface area contributed by atoms with Crippen LogP contribution in [0.25, 0.3) is 0 Å². The summed E-state index contributed by atoms with van der Waals surface area (Å²) in [4.78, 5) is 0. The minimum Gasteiger partial charge on any atom is -0.489 e. The molecule has 1 aliphatic carbocycles. The fraction of sp³-hybridized carbons (Fsp3) is 0.400. The Bertz CT molecular complexity index is 588. The monoisotopic (exact) mass is 329 g/mol. The lowest BCUT2D eigenvalue weighted by atomic mass is 9.95. The summed E-state index contributed by atoms with van der Waals surface area (Å²) in [6, 6.07) is 16.8. The molecule has 0 spiro atoms. The molecule has 1 N–H and O–H groups in total. The van der Waals surface area contributed by atoms with E-state index in [1.54, 1.807) is 0 Å². The van der Waals surface area contributed by atoms with E-state index < -0.39 is 0 Å². The first kappa shape index (κ1) is 16.4. The van der Waals surface area contributed by atoms with Crippen LogP contribution in [0.2, 0.25) is 5.02 Å². The van der Waals surface area contributed by atoms with Gasteiger partial charge in [-0.3, -0.25) is 0 Å². The van der Waals surface area contributed by atoms with Crippen LogP contribution in [0.3, 0.4) is 0 Å². The molecule has 0 bridgehead atoms. The van der Waals surface area contributed by atoms with Crippen LogP contribution < -0.4 is 10.1 Å². The van der Waals surface area contributed by atoms with Gasteiger partial charge < -0.3 is 10.1 Å². The number of hydrogen-bond acceptors (Lipinski definition) is 2.